The first-order valence-corrected chi connectivity index (χ1v) is 9.92. The lowest BCUT2D eigenvalue weighted by molar-refractivity contribution is 0.570. The molecule has 1 atom stereocenters. The Morgan fingerprint density at radius 1 is 0.926 bits per heavy atom. The predicted molar refractivity (Wildman–Crippen MR) is 102 cm³/mol. The smallest absolute Gasteiger partial charge is 0.256 e. The average molecular weight is 408 g/mol. The second-order valence-corrected chi connectivity index (χ2v) is 8.19. The van der Waals surface area contributed by atoms with Crippen LogP contribution in [-0.4, -0.2) is 8.42 Å². The third-order valence-corrected chi connectivity index (χ3v) is 6.30. The molecule has 3 rings (SSSR count). The van der Waals surface area contributed by atoms with Crippen LogP contribution in [0.3, 0.4) is 0 Å². The number of nitrogens with zero attached hydrogens (tertiary/aromatic N) is 1. The van der Waals surface area contributed by atoms with Gasteiger partial charge in [-0.15, -0.1) is 0 Å². The molecule has 0 unspecified atom stereocenters. The monoisotopic (exact) mass is 407 g/mol. The van der Waals surface area contributed by atoms with E-state index in [-0.39, 0.29) is 10.6 Å². The van der Waals surface area contributed by atoms with Crippen molar-refractivity contribution >= 4 is 27.3 Å². The van der Waals surface area contributed by atoms with E-state index in [9.17, 15) is 17.2 Å². The van der Waals surface area contributed by atoms with E-state index in [0.29, 0.717) is 10.6 Å². The zero-order valence-electron chi connectivity index (χ0n) is 14.3. The largest absolute Gasteiger partial charge is 0.264 e. The van der Waals surface area contributed by atoms with Crippen molar-refractivity contribution in [3.05, 3.63) is 95.0 Å². The van der Waals surface area contributed by atoms with Gasteiger partial charge in [0.2, 0.25) is 0 Å². The van der Waals surface area contributed by atoms with Gasteiger partial charge in [-0.25, -0.2) is 17.2 Å². The summed E-state index contributed by atoms with van der Waals surface area (Å²) in [6.45, 7) is 1.62. The van der Waals surface area contributed by atoms with Crippen molar-refractivity contribution in [1.82, 2.24) is 0 Å². The quantitative estimate of drug-likeness (QED) is 0.554. The molecular formula is C20H16ClF2NO2S. The molecule has 0 aliphatic rings. The molecule has 0 bridgehead atoms. The summed E-state index contributed by atoms with van der Waals surface area (Å²) in [5.74, 6) is -1.57. The Morgan fingerprint density at radius 3 is 2.19 bits per heavy atom. The summed E-state index contributed by atoms with van der Waals surface area (Å²) < 4.78 is 55.8. The SMILES string of the molecule is C[C@H](c1ccccc1)N(c1cc(F)ccc1F)S(=O)(=O)c1ccc(Cl)cc1. The molecule has 0 saturated heterocycles. The van der Waals surface area contributed by atoms with Gasteiger partial charge in [0.05, 0.1) is 16.6 Å². The highest BCUT2D eigenvalue weighted by molar-refractivity contribution is 7.92. The number of sulfonamides is 1. The number of halogens is 3. The Kier molecular flexibility index (Phi) is 5.48. The van der Waals surface area contributed by atoms with Gasteiger partial charge >= 0.3 is 0 Å². The second-order valence-electron chi connectivity index (χ2n) is 5.94. The van der Waals surface area contributed by atoms with Crippen LogP contribution in [0.5, 0.6) is 0 Å². The van der Waals surface area contributed by atoms with E-state index in [1.165, 1.54) is 24.3 Å². The van der Waals surface area contributed by atoms with Crippen LogP contribution in [0.4, 0.5) is 14.5 Å². The van der Waals surface area contributed by atoms with Crippen molar-refractivity contribution < 1.29 is 17.2 Å². The Bertz CT molecular complexity index is 1040. The summed E-state index contributed by atoms with van der Waals surface area (Å²) in [5, 5.41) is 0.369. The molecule has 3 aromatic carbocycles. The third kappa shape index (κ3) is 3.96. The molecule has 0 radical (unpaired) electrons. The Hall–Kier alpha value is -2.44. The summed E-state index contributed by atoms with van der Waals surface area (Å²) >= 11 is 5.84. The maximum absolute atomic E-state index is 14.5. The highest BCUT2D eigenvalue weighted by Crippen LogP contribution is 2.35. The maximum Gasteiger partial charge on any atom is 0.264 e. The molecule has 0 aliphatic carbocycles. The first kappa shape index (κ1) is 19.3. The molecule has 0 aromatic heterocycles. The van der Waals surface area contributed by atoms with Gasteiger partial charge in [0, 0.05) is 11.1 Å². The van der Waals surface area contributed by atoms with Gasteiger partial charge in [0.25, 0.3) is 10.0 Å². The molecule has 140 valence electrons. The van der Waals surface area contributed by atoms with Crippen LogP contribution >= 0.6 is 11.6 Å². The minimum Gasteiger partial charge on any atom is -0.256 e. The van der Waals surface area contributed by atoms with Crippen LogP contribution < -0.4 is 4.31 Å². The lowest BCUT2D eigenvalue weighted by Crippen LogP contribution is -2.34. The van der Waals surface area contributed by atoms with E-state index in [1.807, 2.05) is 0 Å². The molecule has 0 saturated carbocycles. The minimum atomic E-state index is -4.19. The van der Waals surface area contributed by atoms with E-state index in [2.05, 4.69) is 0 Å². The van der Waals surface area contributed by atoms with Gasteiger partial charge in [-0.3, -0.25) is 4.31 Å². The van der Waals surface area contributed by atoms with Crippen molar-refractivity contribution in [2.75, 3.05) is 4.31 Å². The molecule has 0 heterocycles. The molecule has 27 heavy (non-hydrogen) atoms. The van der Waals surface area contributed by atoms with E-state index < -0.39 is 27.7 Å². The van der Waals surface area contributed by atoms with Crippen molar-refractivity contribution in [2.24, 2.45) is 0 Å². The number of anilines is 1. The topological polar surface area (TPSA) is 37.4 Å². The van der Waals surface area contributed by atoms with Crippen LogP contribution in [0.15, 0.2) is 77.7 Å². The van der Waals surface area contributed by atoms with E-state index in [0.717, 1.165) is 22.5 Å². The second kappa shape index (κ2) is 7.66. The molecule has 3 aromatic rings. The molecule has 7 heteroatoms. The van der Waals surface area contributed by atoms with Gasteiger partial charge in [-0.2, -0.15) is 0 Å². The van der Waals surface area contributed by atoms with Crippen molar-refractivity contribution in [3.63, 3.8) is 0 Å². The molecular weight excluding hydrogens is 392 g/mol. The van der Waals surface area contributed by atoms with E-state index in [4.69, 9.17) is 11.6 Å². The van der Waals surface area contributed by atoms with E-state index in [1.54, 1.807) is 37.3 Å². The number of benzene rings is 3. The van der Waals surface area contributed by atoms with Crippen LogP contribution in [0, 0.1) is 11.6 Å². The molecule has 3 nitrogen and oxygen atoms in total. The lowest BCUT2D eigenvalue weighted by atomic mass is 10.1. The fourth-order valence-corrected chi connectivity index (χ4v) is 4.56. The van der Waals surface area contributed by atoms with Gasteiger partial charge in [0.1, 0.15) is 11.6 Å². The van der Waals surface area contributed by atoms with Crippen LogP contribution in [0.1, 0.15) is 18.5 Å². The molecule has 0 aliphatic heterocycles. The first-order valence-electron chi connectivity index (χ1n) is 8.10. The molecule has 0 N–H and O–H groups in total. The Balaban J connectivity index is 2.21. The third-order valence-electron chi connectivity index (χ3n) is 4.15. The standard InChI is InChI=1S/C20H16ClF2NO2S/c1-14(15-5-3-2-4-6-15)24(20-13-17(22)9-12-19(20)23)27(25,26)18-10-7-16(21)8-11-18/h2-14H,1H3/t14-/m1/s1. The van der Waals surface area contributed by atoms with Gasteiger partial charge in [-0.05, 0) is 48.9 Å². The highest BCUT2D eigenvalue weighted by atomic mass is 35.5. The number of rotatable bonds is 5. The summed E-state index contributed by atoms with van der Waals surface area (Å²) in [6, 6.07) is 16.2. The fraction of sp³-hybridized carbons (Fsp3) is 0.100. The highest BCUT2D eigenvalue weighted by Gasteiger charge is 2.32. The van der Waals surface area contributed by atoms with Crippen LogP contribution in [-0.2, 0) is 10.0 Å². The fourth-order valence-electron chi connectivity index (χ4n) is 2.79. The van der Waals surface area contributed by atoms with Gasteiger partial charge in [-0.1, -0.05) is 41.9 Å². The normalized spacial score (nSPS) is 12.6. The van der Waals surface area contributed by atoms with Crippen LogP contribution in [0.2, 0.25) is 5.02 Å². The van der Waals surface area contributed by atoms with Gasteiger partial charge in [0.15, 0.2) is 0 Å². The van der Waals surface area contributed by atoms with Crippen LogP contribution in [0.25, 0.3) is 0 Å². The average Bonchev–Trinajstić information content (AvgIpc) is 2.65. The van der Waals surface area contributed by atoms with Crippen molar-refractivity contribution in [3.8, 4) is 0 Å². The summed E-state index contributed by atoms with van der Waals surface area (Å²) in [4.78, 5) is -0.0710. The Labute approximate surface area is 161 Å². The molecule has 0 fully saturated rings. The zero-order valence-corrected chi connectivity index (χ0v) is 15.9. The van der Waals surface area contributed by atoms with Crippen molar-refractivity contribution in [1.29, 1.82) is 0 Å². The molecule has 0 amide bonds. The van der Waals surface area contributed by atoms with Crippen molar-refractivity contribution in [2.45, 2.75) is 17.9 Å². The van der Waals surface area contributed by atoms with Gasteiger partial charge < -0.3 is 0 Å². The minimum absolute atomic E-state index is 0.0710. The maximum atomic E-state index is 14.5. The first-order chi connectivity index (χ1) is 12.8. The molecule has 0 spiro atoms. The van der Waals surface area contributed by atoms with E-state index >= 15 is 0 Å². The zero-order chi connectivity index (χ0) is 19.6. The number of hydrogen-bond donors (Lipinski definition) is 0. The predicted octanol–water partition coefficient (Wildman–Crippen LogP) is 5.57. The summed E-state index contributed by atoms with van der Waals surface area (Å²) in [5.41, 5.74) is 0.278. The number of hydrogen-bond acceptors (Lipinski definition) is 2. The Morgan fingerprint density at radius 2 is 1.56 bits per heavy atom. The lowest BCUT2D eigenvalue weighted by Gasteiger charge is -2.31. The summed E-state index contributed by atoms with van der Waals surface area (Å²) in [6.07, 6.45) is 0. The summed E-state index contributed by atoms with van der Waals surface area (Å²) in [7, 11) is -4.19.